The van der Waals surface area contributed by atoms with Gasteiger partial charge in [0.15, 0.2) is 15.7 Å². The van der Waals surface area contributed by atoms with Crippen LogP contribution in [0.4, 0.5) is 5.82 Å². The largest absolute Gasteiger partial charge is 0.495 e. The number of halogens is 1. The normalized spacial score (nSPS) is 15.4. The van der Waals surface area contributed by atoms with Crippen LogP contribution in [0.2, 0.25) is 5.02 Å². The van der Waals surface area contributed by atoms with Crippen molar-refractivity contribution in [2.24, 2.45) is 0 Å². The number of likely N-dealkylation sites (tertiary alicyclic amines) is 1. The Morgan fingerprint density at radius 1 is 1.28 bits per heavy atom. The first-order chi connectivity index (χ1) is 15.3. The van der Waals surface area contributed by atoms with E-state index in [9.17, 15) is 13.2 Å². The van der Waals surface area contributed by atoms with E-state index in [1.165, 1.54) is 20.4 Å². The van der Waals surface area contributed by atoms with E-state index in [4.69, 9.17) is 21.1 Å². The molecular weight excluding hydrogens is 456 g/mol. The number of sulfone groups is 1. The van der Waals surface area contributed by atoms with E-state index < -0.39 is 9.84 Å². The molecule has 0 amide bonds. The smallest absolute Gasteiger partial charge is 0.319 e. The van der Waals surface area contributed by atoms with E-state index in [-0.39, 0.29) is 35.0 Å². The second-order valence-electron chi connectivity index (χ2n) is 7.43. The summed E-state index contributed by atoms with van der Waals surface area (Å²) in [6, 6.07) is 5.17. The second-order valence-corrected chi connectivity index (χ2v) is 10.1. The van der Waals surface area contributed by atoms with Crippen LogP contribution in [0.1, 0.15) is 19.8 Å². The molecular formula is C21H27ClN4O5S. The Balaban J connectivity index is 1.85. The maximum Gasteiger partial charge on any atom is 0.319 e. The molecule has 1 N–H and O–H groups in total. The van der Waals surface area contributed by atoms with Gasteiger partial charge >= 0.3 is 5.97 Å². The first kappa shape index (κ1) is 24.2. The molecule has 1 fully saturated rings. The highest BCUT2D eigenvalue weighted by molar-refractivity contribution is 7.91. The van der Waals surface area contributed by atoms with E-state index in [2.05, 4.69) is 15.3 Å². The van der Waals surface area contributed by atoms with Crippen LogP contribution >= 0.6 is 11.6 Å². The number of benzene rings is 1. The molecule has 3 rings (SSSR count). The van der Waals surface area contributed by atoms with Gasteiger partial charge in [-0.15, -0.1) is 0 Å². The molecule has 9 nitrogen and oxygen atoms in total. The van der Waals surface area contributed by atoms with Gasteiger partial charge in [-0.3, -0.25) is 9.69 Å². The average Bonchev–Trinajstić information content (AvgIpc) is 2.80. The van der Waals surface area contributed by atoms with Crippen LogP contribution in [0.25, 0.3) is 11.4 Å². The number of methoxy groups -OCH3 is 2. The summed E-state index contributed by atoms with van der Waals surface area (Å²) in [5, 5.41) is 3.70. The molecule has 1 aromatic heterocycles. The van der Waals surface area contributed by atoms with Crippen LogP contribution in [-0.4, -0.2) is 74.9 Å². The van der Waals surface area contributed by atoms with Gasteiger partial charge in [0.1, 0.15) is 16.5 Å². The van der Waals surface area contributed by atoms with Crippen LogP contribution in [0.5, 0.6) is 5.75 Å². The number of ether oxygens (including phenoxy) is 2. The standard InChI is InChI=1S/C21H27ClN4O5S/c1-4-32(28,29)18-12-23-20(14-5-6-17(30-2)16(22)11-14)25-21(18)24-15-7-9-26(10-8-15)13-19(27)31-3/h5-6,11-12,15H,4,7-10,13H2,1-3H3,(H,23,24,25). The summed E-state index contributed by atoms with van der Waals surface area (Å²) >= 11 is 6.23. The first-order valence-electron chi connectivity index (χ1n) is 10.3. The second kappa shape index (κ2) is 10.5. The third kappa shape index (κ3) is 5.67. The average molecular weight is 483 g/mol. The van der Waals surface area contributed by atoms with Gasteiger partial charge in [-0.1, -0.05) is 18.5 Å². The number of nitrogens with one attached hydrogen (secondary N) is 1. The Morgan fingerprint density at radius 2 is 2.00 bits per heavy atom. The third-order valence-electron chi connectivity index (χ3n) is 5.39. The minimum Gasteiger partial charge on any atom is -0.495 e. The highest BCUT2D eigenvalue weighted by atomic mass is 35.5. The number of aromatic nitrogens is 2. The molecule has 0 radical (unpaired) electrons. The van der Waals surface area contributed by atoms with Crippen LogP contribution < -0.4 is 10.1 Å². The third-order valence-corrected chi connectivity index (χ3v) is 7.41. The van der Waals surface area contributed by atoms with Crippen molar-refractivity contribution in [2.75, 3.05) is 44.9 Å². The zero-order valence-electron chi connectivity index (χ0n) is 18.3. The number of carbonyl (C=O) groups is 1. The number of nitrogens with zero attached hydrogens (tertiary/aromatic N) is 3. The van der Waals surface area contributed by atoms with Crippen molar-refractivity contribution in [1.29, 1.82) is 0 Å². The molecule has 2 heterocycles. The van der Waals surface area contributed by atoms with Gasteiger partial charge in [0.05, 0.1) is 37.7 Å². The van der Waals surface area contributed by atoms with Gasteiger partial charge in [-0.05, 0) is 31.0 Å². The number of rotatable bonds is 8. The molecule has 1 aliphatic heterocycles. The minimum atomic E-state index is -3.53. The number of hydrogen-bond donors (Lipinski definition) is 1. The number of carbonyl (C=O) groups excluding carboxylic acids is 1. The number of anilines is 1. The quantitative estimate of drug-likeness (QED) is 0.567. The Labute approximate surface area is 193 Å². The van der Waals surface area contributed by atoms with Crippen molar-refractivity contribution in [3.63, 3.8) is 0 Å². The molecule has 1 aliphatic rings. The van der Waals surface area contributed by atoms with Crippen LogP contribution in [0.3, 0.4) is 0 Å². The molecule has 0 bridgehead atoms. The first-order valence-corrected chi connectivity index (χ1v) is 12.3. The van der Waals surface area contributed by atoms with E-state index in [0.29, 0.717) is 35.2 Å². The summed E-state index contributed by atoms with van der Waals surface area (Å²) in [6.07, 6.45) is 2.81. The van der Waals surface area contributed by atoms with Crippen molar-refractivity contribution in [3.8, 4) is 17.1 Å². The van der Waals surface area contributed by atoms with E-state index in [1.54, 1.807) is 25.1 Å². The van der Waals surface area contributed by atoms with Gasteiger partial charge in [-0.25, -0.2) is 18.4 Å². The number of hydrogen-bond acceptors (Lipinski definition) is 9. The fourth-order valence-electron chi connectivity index (χ4n) is 3.48. The predicted octanol–water partition coefficient (Wildman–Crippen LogP) is 2.65. The van der Waals surface area contributed by atoms with Gasteiger partial charge in [0.25, 0.3) is 0 Å². The fourth-order valence-corrected chi connectivity index (χ4v) is 4.66. The van der Waals surface area contributed by atoms with E-state index in [0.717, 1.165) is 12.8 Å². The molecule has 0 saturated carbocycles. The molecule has 0 atom stereocenters. The molecule has 174 valence electrons. The Hall–Kier alpha value is -2.43. The van der Waals surface area contributed by atoms with Crippen molar-refractivity contribution >= 4 is 33.2 Å². The maximum absolute atomic E-state index is 12.6. The fraction of sp³-hybridized carbons (Fsp3) is 0.476. The molecule has 11 heteroatoms. The summed E-state index contributed by atoms with van der Waals surface area (Å²) in [5.74, 6) is 0.825. The lowest BCUT2D eigenvalue weighted by atomic mass is 10.1. The zero-order valence-corrected chi connectivity index (χ0v) is 19.9. The van der Waals surface area contributed by atoms with E-state index in [1.807, 2.05) is 4.90 Å². The molecule has 1 saturated heterocycles. The van der Waals surface area contributed by atoms with Crippen molar-refractivity contribution in [3.05, 3.63) is 29.4 Å². The number of esters is 1. The summed E-state index contributed by atoms with van der Waals surface area (Å²) in [6.45, 7) is 3.21. The summed E-state index contributed by atoms with van der Waals surface area (Å²) < 4.78 is 35.2. The monoisotopic (exact) mass is 482 g/mol. The summed E-state index contributed by atoms with van der Waals surface area (Å²) in [4.78, 5) is 22.4. The Kier molecular flexibility index (Phi) is 7.91. The van der Waals surface area contributed by atoms with Crippen LogP contribution in [-0.2, 0) is 19.4 Å². The van der Waals surface area contributed by atoms with Gasteiger partial charge in [0, 0.05) is 24.7 Å². The molecule has 0 aliphatic carbocycles. The van der Waals surface area contributed by atoms with E-state index >= 15 is 0 Å². The van der Waals surface area contributed by atoms with Crippen molar-refractivity contribution in [1.82, 2.24) is 14.9 Å². The lowest BCUT2D eigenvalue weighted by molar-refractivity contribution is -0.142. The van der Waals surface area contributed by atoms with Crippen molar-refractivity contribution < 1.29 is 22.7 Å². The predicted molar refractivity (Wildman–Crippen MR) is 122 cm³/mol. The minimum absolute atomic E-state index is 0.0110. The lowest BCUT2D eigenvalue weighted by Gasteiger charge is -2.32. The molecule has 0 spiro atoms. The van der Waals surface area contributed by atoms with Crippen LogP contribution in [0, 0.1) is 0 Å². The highest BCUT2D eigenvalue weighted by Crippen LogP contribution is 2.31. The zero-order chi connectivity index (χ0) is 23.3. The number of piperidine rings is 1. The Bertz CT molecular complexity index is 1070. The molecule has 32 heavy (non-hydrogen) atoms. The maximum atomic E-state index is 12.6. The highest BCUT2D eigenvalue weighted by Gasteiger charge is 2.25. The summed E-state index contributed by atoms with van der Waals surface area (Å²) in [5.41, 5.74) is 0.646. The molecule has 1 aromatic carbocycles. The molecule has 0 unspecified atom stereocenters. The van der Waals surface area contributed by atoms with Gasteiger partial charge in [0.2, 0.25) is 0 Å². The SMILES string of the molecule is CCS(=O)(=O)c1cnc(-c2ccc(OC)c(Cl)c2)nc1NC1CCN(CC(=O)OC)CC1. The van der Waals surface area contributed by atoms with Gasteiger partial charge < -0.3 is 14.8 Å². The Morgan fingerprint density at radius 3 is 2.59 bits per heavy atom. The topological polar surface area (TPSA) is 111 Å². The lowest BCUT2D eigenvalue weighted by Crippen LogP contribution is -2.42. The van der Waals surface area contributed by atoms with Crippen molar-refractivity contribution in [2.45, 2.75) is 30.7 Å². The molecule has 2 aromatic rings. The van der Waals surface area contributed by atoms with Crippen LogP contribution in [0.15, 0.2) is 29.3 Å². The summed E-state index contributed by atoms with van der Waals surface area (Å²) in [7, 11) is -0.634. The van der Waals surface area contributed by atoms with Gasteiger partial charge in [-0.2, -0.15) is 0 Å².